The molecule has 25 heavy (non-hydrogen) atoms. The minimum atomic E-state index is -0.247. The second kappa shape index (κ2) is 6.72. The molecule has 0 atom stereocenters. The molecule has 0 saturated carbocycles. The Labute approximate surface area is 150 Å². The van der Waals surface area contributed by atoms with Crippen molar-refractivity contribution in [3.05, 3.63) is 46.7 Å². The third-order valence-corrected chi connectivity index (χ3v) is 4.16. The standard InChI is InChI=1S/C18H19ClN4O2/c1-10(2)21-18(24)14-9-20-17-15(16(14)19)11(3)22-23(17)12-6-5-7-13(8-12)25-4/h5-10H,1-4H3,(H,21,24). The highest BCUT2D eigenvalue weighted by molar-refractivity contribution is 6.38. The summed E-state index contributed by atoms with van der Waals surface area (Å²) in [7, 11) is 1.61. The van der Waals surface area contributed by atoms with Crippen molar-refractivity contribution in [1.29, 1.82) is 0 Å². The van der Waals surface area contributed by atoms with Gasteiger partial charge in [-0.05, 0) is 32.9 Å². The lowest BCUT2D eigenvalue weighted by molar-refractivity contribution is 0.0943. The third-order valence-electron chi connectivity index (χ3n) is 3.77. The lowest BCUT2D eigenvalue weighted by Crippen LogP contribution is -2.30. The zero-order chi connectivity index (χ0) is 18.1. The predicted molar refractivity (Wildman–Crippen MR) is 97.8 cm³/mol. The topological polar surface area (TPSA) is 69.0 Å². The minimum Gasteiger partial charge on any atom is -0.497 e. The first kappa shape index (κ1) is 17.2. The number of hydrogen-bond donors (Lipinski definition) is 1. The number of pyridine rings is 1. The Morgan fingerprint density at radius 2 is 2.12 bits per heavy atom. The molecule has 0 radical (unpaired) electrons. The van der Waals surface area contributed by atoms with Gasteiger partial charge in [0.05, 0.1) is 34.5 Å². The van der Waals surface area contributed by atoms with Gasteiger partial charge in [0.25, 0.3) is 5.91 Å². The van der Waals surface area contributed by atoms with Gasteiger partial charge in [-0.3, -0.25) is 4.79 Å². The number of nitrogens with one attached hydrogen (secondary N) is 1. The lowest BCUT2D eigenvalue weighted by Gasteiger charge is -2.10. The number of rotatable bonds is 4. The van der Waals surface area contributed by atoms with Gasteiger partial charge >= 0.3 is 0 Å². The molecule has 0 bridgehead atoms. The summed E-state index contributed by atoms with van der Waals surface area (Å²) in [6.07, 6.45) is 1.49. The Morgan fingerprint density at radius 1 is 1.36 bits per heavy atom. The monoisotopic (exact) mass is 358 g/mol. The third kappa shape index (κ3) is 3.17. The molecule has 130 valence electrons. The van der Waals surface area contributed by atoms with Crippen LogP contribution in [0, 0.1) is 6.92 Å². The molecule has 0 aliphatic rings. The molecule has 0 unspecified atom stereocenters. The number of hydrogen-bond acceptors (Lipinski definition) is 4. The average Bonchev–Trinajstić information content (AvgIpc) is 2.92. The van der Waals surface area contributed by atoms with E-state index >= 15 is 0 Å². The molecular weight excluding hydrogens is 340 g/mol. The first-order chi connectivity index (χ1) is 11.9. The van der Waals surface area contributed by atoms with E-state index in [9.17, 15) is 4.79 Å². The molecule has 0 saturated heterocycles. The van der Waals surface area contributed by atoms with Crippen molar-refractivity contribution in [2.45, 2.75) is 26.8 Å². The van der Waals surface area contributed by atoms with Gasteiger partial charge in [0.15, 0.2) is 5.65 Å². The van der Waals surface area contributed by atoms with Gasteiger partial charge in [-0.2, -0.15) is 5.10 Å². The van der Waals surface area contributed by atoms with Crippen LogP contribution in [0.4, 0.5) is 0 Å². The molecule has 3 rings (SSSR count). The van der Waals surface area contributed by atoms with E-state index in [0.717, 1.165) is 11.4 Å². The molecule has 1 amide bonds. The van der Waals surface area contributed by atoms with E-state index in [2.05, 4.69) is 15.4 Å². The summed E-state index contributed by atoms with van der Waals surface area (Å²) in [5.41, 5.74) is 2.45. The van der Waals surface area contributed by atoms with E-state index in [1.165, 1.54) is 6.20 Å². The van der Waals surface area contributed by atoms with Crippen LogP contribution in [0.3, 0.4) is 0 Å². The van der Waals surface area contributed by atoms with Crippen LogP contribution in [0.25, 0.3) is 16.7 Å². The molecule has 7 heteroatoms. The van der Waals surface area contributed by atoms with Crippen LogP contribution in [0.15, 0.2) is 30.5 Å². The Hall–Kier alpha value is -2.60. The van der Waals surface area contributed by atoms with Crippen LogP contribution >= 0.6 is 11.6 Å². The van der Waals surface area contributed by atoms with E-state index < -0.39 is 0 Å². The highest BCUT2D eigenvalue weighted by Gasteiger charge is 2.20. The van der Waals surface area contributed by atoms with Crippen molar-refractivity contribution in [1.82, 2.24) is 20.1 Å². The number of aromatic nitrogens is 3. The molecule has 0 fully saturated rings. The Balaban J connectivity index is 2.15. The summed E-state index contributed by atoms with van der Waals surface area (Å²) in [5, 5.41) is 8.39. The van der Waals surface area contributed by atoms with Gasteiger partial charge in [0.2, 0.25) is 0 Å². The van der Waals surface area contributed by atoms with Gasteiger partial charge in [-0.25, -0.2) is 9.67 Å². The van der Waals surface area contributed by atoms with Crippen LogP contribution in [0.5, 0.6) is 5.75 Å². The summed E-state index contributed by atoms with van der Waals surface area (Å²) in [5.74, 6) is 0.473. The molecule has 0 aliphatic heterocycles. The maximum absolute atomic E-state index is 12.3. The number of amides is 1. The SMILES string of the molecule is COc1cccc(-n2nc(C)c3c(Cl)c(C(=O)NC(C)C)cnc32)c1. The molecule has 0 aliphatic carbocycles. The van der Waals surface area contributed by atoms with E-state index in [0.29, 0.717) is 27.3 Å². The molecular formula is C18H19ClN4O2. The number of carbonyl (C=O) groups excluding carboxylic acids is 1. The lowest BCUT2D eigenvalue weighted by atomic mass is 10.2. The largest absolute Gasteiger partial charge is 0.497 e. The summed E-state index contributed by atoms with van der Waals surface area (Å²) in [4.78, 5) is 16.7. The fraction of sp³-hybridized carbons (Fsp3) is 0.278. The number of nitrogens with zero attached hydrogens (tertiary/aromatic N) is 3. The van der Waals surface area contributed by atoms with Crippen molar-refractivity contribution in [3.63, 3.8) is 0 Å². The quantitative estimate of drug-likeness (QED) is 0.774. The Bertz CT molecular complexity index is 950. The molecule has 1 N–H and O–H groups in total. The molecule has 1 aromatic carbocycles. The normalized spacial score (nSPS) is 11.1. The maximum Gasteiger partial charge on any atom is 0.254 e. The van der Waals surface area contributed by atoms with Gasteiger partial charge in [-0.1, -0.05) is 17.7 Å². The fourth-order valence-electron chi connectivity index (χ4n) is 2.63. The van der Waals surface area contributed by atoms with E-state index in [-0.39, 0.29) is 11.9 Å². The number of carbonyl (C=O) groups is 1. The summed E-state index contributed by atoms with van der Waals surface area (Å²) in [6, 6.07) is 7.52. The number of aryl methyl sites for hydroxylation is 1. The van der Waals surface area contributed by atoms with Crippen molar-refractivity contribution in [2.75, 3.05) is 7.11 Å². The van der Waals surface area contributed by atoms with Gasteiger partial charge in [0, 0.05) is 18.3 Å². The summed E-state index contributed by atoms with van der Waals surface area (Å²) >= 11 is 6.51. The average molecular weight is 359 g/mol. The first-order valence-electron chi connectivity index (χ1n) is 7.91. The van der Waals surface area contributed by atoms with Crippen LogP contribution in [0.2, 0.25) is 5.02 Å². The van der Waals surface area contributed by atoms with E-state index in [1.54, 1.807) is 11.8 Å². The molecule has 3 aromatic rings. The molecule has 0 spiro atoms. The van der Waals surface area contributed by atoms with Gasteiger partial charge < -0.3 is 10.1 Å². The highest BCUT2D eigenvalue weighted by atomic mass is 35.5. The van der Waals surface area contributed by atoms with Gasteiger partial charge in [0.1, 0.15) is 5.75 Å². The van der Waals surface area contributed by atoms with E-state index in [1.807, 2.05) is 45.0 Å². The van der Waals surface area contributed by atoms with Crippen molar-refractivity contribution in [3.8, 4) is 11.4 Å². The van der Waals surface area contributed by atoms with Crippen molar-refractivity contribution < 1.29 is 9.53 Å². The number of halogens is 1. The van der Waals surface area contributed by atoms with Crippen molar-refractivity contribution >= 4 is 28.5 Å². The molecule has 6 nitrogen and oxygen atoms in total. The Kier molecular flexibility index (Phi) is 4.63. The van der Waals surface area contributed by atoms with Crippen LogP contribution in [-0.4, -0.2) is 33.8 Å². The van der Waals surface area contributed by atoms with Crippen molar-refractivity contribution in [2.24, 2.45) is 0 Å². The number of fused-ring (bicyclic) bond motifs is 1. The minimum absolute atomic E-state index is 0.0138. The zero-order valence-corrected chi connectivity index (χ0v) is 15.3. The number of benzene rings is 1. The molecule has 2 heterocycles. The van der Waals surface area contributed by atoms with Crippen LogP contribution in [-0.2, 0) is 0 Å². The first-order valence-corrected chi connectivity index (χ1v) is 8.29. The Morgan fingerprint density at radius 3 is 2.80 bits per heavy atom. The maximum atomic E-state index is 12.3. The summed E-state index contributed by atoms with van der Waals surface area (Å²) < 4.78 is 6.96. The second-order valence-electron chi connectivity index (χ2n) is 6.01. The van der Waals surface area contributed by atoms with Crippen LogP contribution in [0.1, 0.15) is 29.9 Å². The fourth-order valence-corrected chi connectivity index (χ4v) is 2.98. The second-order valence-corrected chi connectivity index (χ2v) is 6.39. The molecule has 2 aromatic heterocycles. The van der Waals surface area contributed by atoms with E-state index in [4.69, 9.17) is 16.3 Å². The van der Waals surface area contributed by atoms with Crippen LogP contribution < -0.4 is 10.1 Å². The highest BCUT2D eigenvalue weighted by Crippen LogP contribution is 2.30. The number of ether oxygens (including phenoxy) is 1. The predicted octanol–water partition coefficient (Wildman–Crippen LogP) is 3.53. The van der Waals surface area contributed by atoms with Gasteiger partial charge in [-0.15, -0.1) is 0 Å². The number of methoxy groups -OCH3 is 1. The smallest absolute Gasteiger partial charge is 0.254 e. The zero-order valence-electron chi connectivity index (χ0n) is 14.5. The summed E-state index contributed by atoms with van der Waals surface area (Å²) in [6.45, 7) is 5.63.